The average Bonchev–Trinajstić information content (AvgIpc) is 3.52. The number of hydrogen-bond donors (Lipinski definition) is 2. The van der Waals surface area contributed by atoms with Crippen molar-refractivity contribution >= 4 is 27.7 Å². The molecule has 1 aliphatic rings. The van der Waals surface area contributed by atoms with Gasteiger partial charge in [-0.05, 0) is 82.7 Å². The summed E-state index contributed by atoms with van der Waals surface area (Å²) in [6, 6.07) is 28.0. The van der Waals surface area contributed by atoms with Crippen molar-refractivity contribution in [3.8, 4) is 17.2 Å². The molecule has 0 saturated carbocycles. The van der Waals surface area contributed by atoms with Crippen LogP contribution in [0.1, 0.15) is 40.3 Å². The minimum atomic E-state index is -1.46. The smallest absolute Gasteiger partial charge is 0.252 e. The lowest BCUT2D eigenvalue weighted by Crippen LogP contribution is -2.50. The maximum absolute atomic E-state index is 14.7. The van der Waals surface area contributed by atoms with E-state index in [0.717, 1.165) is 21.2 Å². The predicted octanol–water partition coefficient (Wildman–Crippen LogP) is 6.90. The Morgan fingerprint density at radius 1 is 1.00 bits per heavy atom. The predicted molar refractivity (Wildman–Crippen MR) is 190 cm³/mol. The van der Waals surface area contributed by atoms with Crippen molar-refractivity contribution in [2.24, 2.45) is 10.1 Å². The molecule has 0 aromatic heterocycles. The van der Waals surface area contributed by atoms with Crippen molar-refractivity contribution in [1.29, 1.82) is 0 Å². The Morgan fingerprint density at radius 3 is 2.45 bits per heavy atom. The Bertz CT molecular complexity index is 1830. The first kappa shape index (κ1) is 35.3. The molecular weight excluding hydrogens is 690 g/mol. The van der Waals surface area contributed by atoms with E-state index in [-0.39, 0.29) is 32.0 Å². The molecule has 11 nitrogen and oxygen atoms in total. The number of nitrogens with one attached hydrogen (secondary N) is 1. The van der Waals surface area contributed by atoms with Gasteiger partial charge in [0, 0.05) is 40.9 Å². The summed E-state index contributed by atoms with van der Waals surface area (Å²) in [5, 5.41) is 16.1. The van der Waals surface area contributed by atoms with E-state index in [1.807, 2.05) is 78.9 Å². The fourth-order valence-electron chi connectivity index (χ4n) is 5.77. The number of hydrogen-bond acceptors (Lipinski definition) is 8. The van der Waals surface area contributed by atoms with Crippen LogP contribution in [0.5, 0.6) is 17.2 Å². The van der Waals surface area contributed by atoms with Crippen LogP contribution in [0.25, 0.3) is 10.4 Å². The van der Waals surface area contributed by atoms with E-state index in [0.29, 0.717) is 53.7 Å². The number of halogens is 1. The zero-order valence-corrected chi connectivity index (χ0v) is 28.9. The third-order valence-corrected chi connectivity index (χ3v) is 9.03. The van der Waals surface area contributed by atoms with E-state index in [1.165, 1.54) is 0 Å². The van der Waals surface area contributed by atoms with Gasteiger partial charge < -0.3 is 29.4 Å². The Labute approximate surface area is 293 Å². The molecule has 2 atom stereocenters. The van der Waals surface area contributed by atoms with Crippen LogP contribution in [0, 0.1) is 0 Å². The normalized spacial score (nSPS) is 16.6. The fraction of sp³-hybridized carbons (Fsp3) is 0.297. The number of carbonyl (C=O) groups excluding carboxylic acids is 1. The van der Waals surface area contributed by atoms with Gasteiger partial charge in [-0.25, -0.2) is 4.99 Å². The first-order chi connectivity index (χ1) is 23.9. The van der Waals surface area contributed by atoms with Crippen molar-refractivity contribution in [2.45, 2.75) is 37.5 Å². The number of aliphatic hydroxyl groups is 1. The lowest BCUT2D eigenvalue weighted by atomic mass is 9.80. The summed E-state index contributed by atoms with van der Waals surface area (Å²) in [6.45, 7) is 0.788. The number of nitrogens with zero attached hydrogens (tertiary/aromatic N) is 4. The number of carbonyl (C=O) groups is 1. The molecule has 4 aromatic carbocycles. The highest BCUT2D eigenvalue weighted by Crippen LogP contribution is 2.44. The number of amides is 1. The van der Waals surface area contributed by atoms with Gasteiger partial charge in [0.25, 0.3) is 5.91 Å². The van der Waals surface area contributed by atoms with Crippen LogP contribution < -0.4 is 19.5 Å². The van der Waals surface area contributed by atoms with Gasteiger partial charge in [0.15, 0.2) is 11.6 Å². The minimum Gasteiger partial charge on any atom is -0.497 e. The van der Waals surface area contributed by atoms with E-state index in [4.69, 9.17) is 34.6 Å². The van der Waals surface area contributed by atoms with Crippen LogP contribution >= 0.6 is 15.9 Å². The summed E-state index contributed by atoms with van der Waals surface area (Å²) >= 11 is 3.68. The summed E-state index contributed by atoms with van der Waals surface area (Å²) in [4.78, 5) is 22.9. The summed E-state index contributed by atoms with van der Waals surface area (Å²) in [6.07, 6.45) is 0.331. The molecule has 0 fully saturated rings. The number of rotatable bonds is 16. The Kier molecular flexibility index (Phi) is 12.2. The molecule has 49 heavy (non-hydrogen) atoms. The monoisotopic (exact) mass is 727 g/mol. The van der Waals surface area contributed by atoms with E-state index in [1.54, 1.807) is 26.4 Å². The second kappa shape index (κ2) is 16.9. The average molecular weight is 729 g/mol. The molecule has 0 saturated heterocycles. The van der Waals surface area contributed by atoms with Gasteiger partial charge in [0.05, 0.1) is 27.4 Å². The van der Waals surface area contributed by atoms with E-state index >= 15 is 0 Å². The quantitative estimate of drug-likeness (QED) is 0.0556. The van der Waals surface area contributed by atoms with E-state index < -0.39 is 11.6 Å². The lowest BCUT2D eigenvalue weighted by molar-refractivity contribution is -0.128. The van der Waals surface area contributed by atoms with Crippen molar-refractivity contribution in [3.63, 3.8) is 0 Å². The van der Waals surface area contributed by atoms with Gasteiger partial charge in [-0.15, -0.1) is 0 Å². The van der Waals surface area contributed by atoms with Crippen LogP contribution in [0.2, 0.25) is 0 Å². The number of azide groups is 1. The summed E-state index contributed by atoms with van der Waals surface area (Å²) in [5.41, 5.74) is 11.5. The van der Waals surface area contributed by atoms with Gasteiger partial charge >= 0.3 is 0 Å². The molecule has 0 bridgehead atoms. The highest BCUT2D eigenvalue weighted by molar-refractivity contribution is 9.10. The number of aliphatic imine (C=N–C) groups is 1. The highest BCUT2D eigenvalue weighted by atomic mass is 79.9. The molecule has 12 heteroatoms. The van der Waals surface area contributed by atoms with Crippen LogP contribution in [-0.2, 0) is 28.9 Å². The molecule has 1 amide bonds. The summed E-state index contributed by atoms with van der Waals surface area (Å²) in [7, 11) is 3.21. The Balaban J connectivity index is 1.57. The SMILES string of the molecule is COc1ccc(OC)c(CCNC(=O)[C@]2(Cc3ccccc3Br)N=C(c3ccc(OCCCO)cc3)O[C@@H]2c2ccccc2CN=[N+]=[N-])c1. The molecule has 0 spiro atoms. The molecule has 4 aromatic rings. The second-order valence-electron chi connectivity index (χ2n) is 11.3. The van der Waals surface area contributed by atoms with Crippen molar-refractivity contribution < 1.29 is 28.8 Å². The van der Waals surface area contributed by atoms with Crippen LogP contribution in [0.15, 0.2) is 106 Å². The van der Waals surface area contributed by atoms with Gasteiger partial charge in [-0.2, -0.15) is 0 Å². The number of aliphatic hydroxyl groups excluding tert-OH is 1. The molecule has 1 heterocycles. The molecule has 2 N–H and O–H groups in total. The van der Waals surface area contributed by atoms with Crippen LogP contribution in [0.3, 0.4) is 0 Å². The standard InChI is InChI=1S/C37H38BrN5O6/c1-46-30-16-17-33(47-2)26(22-30)18-19-40-36(45)37(23-27-8-4-6-11-32(27)38)34(31-10-5-3-9-28(31)24-41-43-39)49-35(42-37)25-12-14-29(15-13-25)48-21-7-20-44/h3-6,8-17,22,34,44H,7,18-21,23-24H2,1-2H3,(H,40,45)/t34-,37-/m1/s1. The summed E-state index contributed by atoms with van der Waals surface area (Å²) < 4.78 is 24.2. The van der Waals surface area contributed by atoms with Gasteiger partial charge in [0.2, 0.25) is 5.90 Å². The second-order valence-corrected chi connectivity index (χ2v) is 12.2. The number of benzene rings is 4. The molecule has 254 valence electrons. The molecule has 0 aliphatic carbocycles. The lowest BCUT2D eigenvalue weighted by Gasteiger charge is -2.32. The third-order valence-electron chi connectivity index (χ3n) is 8.26. The Morgan fingerprint density at radius 2 is 1.73 bits per heavy atom. The van der Waals surface area contributed by atoms with E-state index in [9.17, 15) is 4.79 Å². The van der Waals surface area contributed by atoms with Crippen LogP contribution in [-0.4, -0.2) is 56.4 Å². The molecular formula is C37H38BrN5O6. The third kappa shape index (κ3) is 8.34. The van der Waals surface area contributed by atoms with Gasteiger partial charge in [-0.1, -0.05) is 63.5 Å². The van der Waals surface area contributed by atoms with Crippen molar-refractivity contribution in [3.05, 3.63) is 134 Å². The largest absolute Gasteiger partial charge is 0.497 e. The Hall–Kier alpha value is -5.03. The topological polar surface area (TPSA) is 147 Å². The van der Waals surface area contributed by atoms with Crippen molar-refractivity contribution in [1.82, 2.24) is 5.32 Å². The molecule has 5 rings (SSSR count). The highest BCUT2D eigenvalue weighted by Gasteiger charge is 2.54. The zero-order chi connectivity index (χ0) is 34.6. The van der Waals surface area contributed by atoms with Crippen LogP contribution in [0.4, 0.5) is 0 Å². The number of ether oxygens (including phenoxy) is 4. The van der Waals surface area contributed by atoms with Gasteiger partial charge in [0.1, 0.15) is 17.2 Å². The van der Waals surface area contributed by atoms with Gasteiger partial charge in [-0.3, -0.25) is 4.79 Å². The number of methoxy groups -OCH3 is 2. The maximum Gasteiger partial charge on any atom is 0.252 e. The molecule has 1 aliphatic heterocycles. The minimum absolute atomic E-state index is 0.0417. The fourth-order valence-corrected chi connectivity index (χ4v) is 6.20. The van der Waals surface area contributed by atoms with E-state index in [2.05, 4.69) is 31.3 Å². The maximum atomic E-state index is 14.7. The first-order valence-electron chi connectivity index (χ1n) is 15.8. The molecule has 0 unspecified atom stereocenters. The molecule has 0 radical (unpaired) electrons. The summed E-state index contributed by atoms with van der Waals surface area (Å²) in [5.74, 6) is 1.98. The first-order valence-corrected chi connectivity index (χ1v) is 16.6. The van der Waals surface area contributed by atoms with Crippen molar-refractivity contribution in [2.75, 3.05) is 34.0 Å². The zero-order valence-electron chi connectivity index (χ0n) is 27.3.